The Labute approximate surface area is 91.9 Å². The fourth-order valence-electron chi connectivity index (χ4n) is 1.23. The largest absolute Gasteiger partial charge is 0.476 e. The van der Waals surface area contributed by atoms with Crippen LogP contribution in [0.25, 0.3) is 0 Å². The van der Waals surface area contributed by atoms with Crippen LogP contribution in [-0.2, 0) is 6.18 Å². The lowest BCUT2D eigenvalue weighted by Gasteiger charge is -2.12. The summed E-state index contributed by atoms with van der Waals surface area (Å²) >= 11 is 0. The van der Waals surface area contributed by atoms with Crippen molar-refractivity contribution in [2.75, 3.05) is 0 Å². The Bertz CT molecular complexity index is 455. The third kappa shape index (κ3) is 2.69. The number of pyridine rings is 1. The van der Waals surface area contributed by atoms with E-state index in [1.54, 1.807) is 0 Å². The van der Waals surface area contributed by atoms with Gasteiger partial charge in [0.25, 0.3) is 6.43 Å². The summed E-state index contributed by atoms with van der Waals surface area (Å²) < 4.78 is 62.0. The highest BCUT2D eigenvalue weighted by molar-refractivity contribution is 5.87. The highest BCUT2D eigenvalue weighted by Gasteiger charge is 2.37. The second kappa shape index (κ2) is 4.27. The number of carboxylic acids is 1. The van der Waals surface area contributed by atoms with Crippen molar-refractivity contribution in [1.82, 2.24) is 4.98 Å². The van der Waals surface area contributed by atoms with Crippen LogP contribution in [0.1, 0.15) is 33.7 Å². The van der Waals surface area contributed by atoms with E-state index in [1.165, 1.54) is 0 Å². The number of aromatic nitrogens is 1. The predicted molar refractivity (Wildman–Crippen MR) is 45.9 cm³/mol. The van der Waals surface area contributed by atoms with E-state index in [4.69, 9.17) is 5.11 Å². The smallest absolute Gasteiger partial charge is 0.418 e. The van der Waals surface area contributed by atoms with E-state index in [-0.39, 0.29) is 0 Å². The average molecular weight is 255 g/mol. The van der Waals surface area contributed by atoms with E-state index in [2.05, 4.69) is 4.98 Å². The third-order valence-corrected chi connectivity index (χ3v) is 1.97. The first-order chi connectivity index (χ1) is 7.64. The first-order valence-corrected chi connectivity index (χ1v) is 4.24. The molecule has 1 heterocycles. The number of nitrogens with zero attached hydrogens (tertiary/aromatic N) is 1. The Morgan fingerprint density at radius 2 is 1.94 bits per heavy atom. The van der Waals surface area contributed by atoms with E-state index < -0.39 is 41.1 Å². The SMILES string of the molecule is Cc1cc(C(F)(F)F)c(C(=O)O)nc1C(F)F. The standard InChI is InChI=1S/C9H6F5NO2/c1-3-2-4(9(12,13)14)6(8(16)17)15-5(3)7(10)11/h2,7H,1H3,(H,16,17). The van der Waals surface area contributed by atoms with Crippen molar-refractivity contribution in [3.05, 3.63) is 28.6 Å². The molecule has 0 fully saturated rings. The molecule has 0 saturated heterocycles. The lowest BCUT2D eigenvalue weighted by atomic mass is 10.1. The van der Waals surface area contributed by atoms with Crippen LogP contribution in [0.3, 0.4) is 0 Å². The van der Waals surface area contributed by atoms with Crippen molar-refractivity contribution >= 4 is 5.97 Å². The zero-order valence-electron chi connectivity index (χ0n) is 8.35. The van der Waals surface area contributed by atoms with Gasteiger partial charge < -0.3 is 5.11 Å². The van der Waals surface area contributed by atoms with Crippen LogP contribution in [0.15, 0.2) is 6.07 Å². The molecule has 0 aliphatic carbocycles. The van der Waals surface area contributed by atoms with Crippen LogP contribution in [0, 0.1) is 6.92 Å². The monoisotopic (exact) mass is 255 g/mol. The summed E-state index contributed by atoms with van der Waals surface area (Å²) in [5, 5.41) is 8.52. The molecule has 1 aromatic heterocycles. The minimum atomic E-state index is -4.95. The number of hydrogen-bond donors (Lipinski definition) is 1. The Kier molecular flexibility index (Phi) is 3.35. The number of halogens is 5. The zero-order chi connectivity index (χ0) is 13.4. The molecule has 17 heavy (non-hydrogen) atoms. The van der Waals surface area contributed by atoms with Gasteiger partial charge in [-0.25, -0.2) is 18.6 Å². The van der Waals surface area contributed by atoms with Crippen LogP contribution in [0.2, 0.25) is 0 Å². The molecule has 3 nitrogen and oxygen atoms in total. The maximum Gasteiger partial charge on any atom is 0.418 e. The van der Waals surface area contributed by atoms with Gasteiger partial charge in [0.15, 0.2) is 5.69 Å². The second-order valence-electron chi connectivity index (χ2n) is 3.19. The Hall–Kier alpha value is -1.73. The van der Waals surface area contributed by atoms with E-state index in [9.17, 15) is 26.7 Å². The zero-order valence-corrected chi connectivity index (χ0v) is 8.35. The molecule has 0 radical (unpaired) electrons. The van der Waals surface area contributed by atoms with Gasteiger partial charge in [0.1, 0.15) is 5.69 Å². The molecule has 0 aromatic carbocycles. The van der Waals surface area contributed by atoms with Gasteiger partial charge in [-0.3, -0.25) is 0 Å². The summed E-state index contributed by atoms with van der Waals surface area (Å²) in [5.41, 5.74) is -4.32. The molecule has 0 saturated carbocycles. The number of alkyl halides is 5. The molecule has 0 spiro atoms. The van der Waals surface area contributed by atoms with E-state index >= 15 is 0 Å². The highest BCUT2D eigenvalue weighted by Crippen LogP contribution is 2.34. The summed E-state index contributed by atoms with van der Waals surface area (Å²) in [6.45, 7) is 1.01. The van der Waals surface area contributed by atoms with Crippen molar-refractivity contribution in [1.29, 1.82) is 0 Å². The Morgan fingerprint density at radius 3 is 2.29 bits per heavy atom. The minimum absolute atomic E-state index is 0.359. The van der Waals surface area contributed by atoms with Crippen molar-refractivity contribution in [2.45, 2.75) is 19.5 Å². The van der Waals surface area contributed by atoms with Crippen molar-refractivity contribution in [3.63, 3.8) is 0 Å². The number of aromatic carboxylic acids is 1. The lowest BCUT2D eigenvalue weighted by Crippen LogP contribution is -2.17. The highest BCUT2D eigenvalue weighted by atomic mass is 19.4. The normalized spacial score (nSPS) is 11.9. The predicted octanol–water partition coefficient (Wildman–Crippen LogP) is 3.04. The first kappa shape index (κ1) is 13.3. The van der Waals surface area contributed by atoms with Crippen LogP contribution in [0.5, 0.6) is 0 Å². The number of carbonyl (C=O) groups is 1. The molecule has 0 atom stereocenters. The molecule has 0 unspecified atom stereocenters. The molecule has 0 amide bonds. The summed E-state index contributed by atoms with van der Waals surface area (Å²) in [4.78, 5) is 13.4. The maximum atomic E-state index is 12.4. The molecule has 0 aliphatic heterocycles. The van der Waals surface area contributed by atoms with E-state index in [0.29, 0.717) is 6.07 Å². The van der Waals surface area contributed by atoms with E-state index in [0.717, 1.165) is 6.92 Å². The molecule has 0 aliphatic rings. The van der Waals surface area contributed by atoms with Crippen molar-refractivity contribution in [2.24, 2.45) is 0 Å². The van der Waals surface area contributed by atoms with Gasteiger partial charge in [0.2, 0.25) is 0 Å². The summed E-state index contributed by atoms with van der Waals surface area (Å²) in [6.07, 6.45) is -8.08. The topological polar surface area (TPSA) is 50.2 Å². The Morgan fingerprint density at radius 1 is 1.41 bits per heavy atom. The third-order valence-electron chi connectivity index (χ3n) is 1.97. The fraction of sp³-hybridized carbons (Fsp3) is 0.333. The molecule has 1 rings (SSSR count). The first-order valence-electron chi connectivity index (χ1n) is 4.24. The van der Waals surface area contributed by atoms with Gasteiger partial charge in [-0.1, -0.05) is 0 Å². The van der Waals surface area contributed by atoms with Gasteiger partial charge in [0, 0.05) is 0 Å². The Balaban J connectivity index is 3.53. The van der Waals surface area contributed by atoms with Crippen LogP contribution < -0.4 is 0 Å². The molecule has 0 bridgehead atoms. The average Bonchev–Trinajstić information content (AvgIpc) is 2.14. The van der Waals surface area contributed by atoms with Crippen LogP contribution in [-0.4, -0.2) is 16.1 Å². The minimum Gasteiger partial charge on any atom is -0.476 e. The van der Waals surface area contributed by atoms with Gasteiger partial charge in [-0.15, -0.1) is 0 Å². The van der Waals surface area contributed by atoms with Crippen molar-refractivity contribution < 1.29 is 31.9 Å². The molecule has 94 valence electrons. The van der Waals surface area contributed by atoms with Crippen LogP contribution >= 0.6 is 0 Å². The van der Waals surface area contributed by atoms with Crippen molar-refractivity contribution in [3.8, 4) is 0 Å². The lowest BCUT2D eigenvalue weighted by molar-refractivity contribution is -0.138. The quantitative estimate of drug-likeness (QED) is 0.826. The summed E-state index contributed by atoms with van der Waals surface area (Å²) in [7, 11) is 0. The van der Waals surface area contributed by atoms with E-state index in [1.807, 2.05) is 0 Å². The van der Waals surface area contributed by atoms with Gasteiger partial charge in [-0.2, -0.15) is 13.2 Å². The molecule has 8 heteroatoms. The molecular formula is C9H6F5NO2. The number of carboxylic acid groups (broad SMARTS) is 1. The molecule has 1 N–H and O–H groups in total. The molecule has 1 aromatic rings. The maximum absolute atomic E-state index is 12.4. The number of aryl methyl sites for hydroxylation is 1. The summed E-state index contributed by atoms with van der Waals surface area (Å²) in [6, 6.07) is 0.359. The van der Waals surface area contributed by atoms with Gasteiger partial charge >= 0.3 is 12.1 Å². The molecular weight excluding hydrogens is 249 g/mol. The fourth-order valence-corrected chi connectivity index (χ4v) is 1.23. The summed E-state index contributed by atoms with van der Waals surface area (Å²) in [5.74, 6) is -2.00. The van der Waals surface area contributed by atoms with Gasteiger partial charge in [-0.05, 0) is 18.6 Å². The number of rotatable bonds is 2. The second-order valence-corrected chi connectivity index (χ2v) is 3.19. The number of hydrogen-bond acceptors (Lipinski definition) is 2. The van der Waals surface area contributed by atoms with Crippen LogP contribution in [0.4, 0.5) is 22.0 Å². The van der Waals surface area contributed by atoms with Gasteiger partial charge in [0.05, 0.1) is 5.56 Å².